The maximum Gasteiger partial charge on any atom is 0.338 e. The number of ether oxygens (including phenoxy) is 1. The van der Waals surface area contributed by atoms with E-state index in [1.54, 1.807) is 18.2 Å². The number of hydrogen-bond acceptors (Lipinski definition) is 2. The van der Waals surface area contributed by atoms with Gasteiger partial charge >= 0.3 is 5.97 Å². The van der Waals surface area contributed by atoms with Gasteiger partial charge in [0.1, 0.15) is 0 Å². The first-order valence-electron chi connectivity index (χ1n) is 5.52. The number of carbonyl (C=O) groups is 1. The molecule has 0 unspecified atom stereocenters. The number of rotatable bonds is 2. The molecule has 0 bridgehead atoms. The molecule has 1 rings (SSSR count). The molecule has 1 aromatic carbocycles. The molecule has 0 saturated heterocycles. The van der Waals surface area contributed by atoms with Crippen molar-refractivity contribution in [1.29, 1.82) is 0 Å². The van der Waals surface area contributed by atoms with Gasteiger partial charge in [0, 0.05) is 4.11 Å². The molecule has 0 aliphatic heterocycles. The molecule has 1 aromatic rings. The van der Waals surface area contributed by atoms with Crippen molar-refractivity contribution in [3.05, 3.63) is 35.9 Å². The lowest BCUT2D eigenvalue weighted by atomic mass is 10.2. The molecule has 0 spiro atoms. The zero-order valence-electron chi connectivity index (χ0n) is 10.7. The fourth-order valence-electron chi connectivity index (χ4n) is 0.680. The fraction of sp³-hybridized carbons (Fsp3) is 0.222. The second kappa shape index (κ2) is 3.76. The van der Waals surface area contributed by atoms with E-state index in [-0.39, 0.29) is 5.56 Å². The second-order valence-electron chi connectivity index (χ2n) is 1.86. The molecule has 2 heteroatoms. The third-order valence-electron chi connectivity index (χ3n) is 1.15. The van der Waals surface area contributed by atoms with Gasteiger partial charge in [0.2, 0.25) is 0 Å². The minimum atomic E-state index is -3.00. The molecule has 0 aliphatic rings. The maximum atomic E-state index is 11.4. The minimum Gasteiger partial charge on any atom is -0.462 e. The van der Waals surface area contributed by atoms with Gasteiger partial charge in [-0.1, -0.05) is 18.2 Å². The van der Waals surface area contributed by atoms with Crippen molar-refractivity contribution in [3.63, 3.8) is 0 Å². The van der Waals surface area contributed by atoms with E-state index in [1.165, 1.54) is 12.1 Å². The van der Waals surface area contributed by atoms with Crippen LogP contribution in [0.2, 0.25) is 0 Å². The van der Waals surface area contributed by atoms with E-state index in [9.17, 15) is 4.79 Å². The van der Waals surface area contributed by atoms with Gasteiger partial charge < -0.3 is 4.74 Å². The van der Waals surface area contributed by atoms with Crippen LogP contribution in [0.1, 0.15) is 24.1 Å². The normalized spacial score (nSPS) is 18.4. The first-order chi connectivity index (χ1) is 7.24. The Morgan fingerprint density at radius 1 is 1.64 bits per heavy atom. The molecule has 0 saturated carbocycles. The summed E-state index contributed by atoms with van der Waals surface area (Å²) in [5.41, 5.74) is 0.107. The van der Waals surface area contributed by atoms with E-state index in [0.29, 0.717) is 0 Å². The van der Waals surface area contributed by atoms with Gasteiger partial charge in [-0.25, -0.2) is 4.79 Å². The molecule has 0 radical (unpaired) electrons. The summed E-state index contributed by atoms with van der Waals surface area (Å²) in [6.45, 7) is -5.99. The summed E-state index contributed by atoms with van der Waals surface area (Å²) in [7, 11) is 0. The number of benzene rings is 1. The molecule has 0 N–H and O–H groups in total. The second-order valence-corrected chi connectivity index (χ2v) is 1.86. The van der Waals surface area contributed by atoms with Crippen molar-refractivity contribution in [2.45, 2.75) is 6.85 Å². The zero-order valence-corrected chi connectivity index (χ0v) is 5.70. The smallest absolute Gasteiger partial charge is 0.338 e. The summed E-state index contributed by atoms with van der Waals surface area (Å²) in [6.07, 6.45) is 0. The Labute approximate surface area is 72.8 Å². The van der Waals surface area contributed by atoms with Crippen LogP contribution in [0.4, 0.5) is 0 Å². The SMILES string of the molecule is [2H]C([2H])([2H])C([2H])([2H])OC(=O)c1ccccc1. The van der Waals surface area contributed by atoms with E-state index in [0.717, 1.165) is 0 Å². The van der Waals surface area contributed by atoms with E-state index in [1.807, 2.05) is 0 Å². The molecule has 0 aliphatic carbocycles. The Bertz CT molecular complexity index is 371. The molecule has 11 heavy (non-hydrogen) atoms. The van der Waals surface area contributed by atoms with E-state index < -0.39 is 19.4 Å². The van der Waals surface area contributed by atoms with Gasteiger partial charge in [-0.05, 0) is 19.0 Å². The lowest BCUT2D eigenvalue weighted by Crippen LogP contribution is -2.03. The largest absolute Gasteiger partial charge is 0.462 e. The summed E-state index contributed by atoms with van der Waals surface area (Å²) >= 11 is 0. The average molecular weight is 155 g/mol. The van der Waals surface area contributed by atoms with Crippen LogP contribution in [0.25, 0.3) is 0 Å². The standard InChI is InChI=1S/C9H10O2/c1-2-11-9(10)8-6-4-3-5-7-8/h3-7H,2H2,1H3/i1D3,2D2. The van der Waals surface area contributed by atoms with Crippen LogP contribution < -0.4 is 0 Å². The molecular weight excluding hydrogens is 140 g/mol. The van der Waals surface area contributed by atoms with Crippen molar-refractivity contribution in [2.75, 3.05) is 6.56 Å². The Morgan fingerprint density at radius 3 is 3.00 bits per heavy atom. The summed E-state index contributed by atoms with van der Waals surface area (Å²) < 4.78 is 39.2. The molecule has 0 heterocycles. The third-order valence-corrected chi connectivity index (χ3v) is 1.15. The highest BCUT2D eigenvalue weighted by Crippen LogP contribution is 1.99. The van der Waals surface area contributed by atoms with Crippen molar-refractivity contribution >= 4 is 5.97 Å². The Balaban J connectivity index is 2.80. The highest BCUT2D eigenvalue weighted by atomic mass is 16.5. The van der Waals surface area contributed by atoms with Gasteiger partial charge in [0.25, 0.3) is 0 Å². The number of hydrogen-bond donors (Lipinski definition) is 0. The van der Waals surface area contributed by atoms with Gasteiger partial charge in [0.05, 0.1) is 14.9 Å². The number of carbonyl (C=O) groups excluding carboxylic acids is 1. The van der Waals surface area contributed by atoms with E-state index >= 15 is 0 Å². The quantitative estimate of drug-likeness (QED) is 0.609. The van der Waals surface area contributed by atoms with Crippen molar-refractivity contribution in [3.8, 4) is 0 Å². The first-order valence-corrected chi connectivity index (χ1v) is 3.02. The molecule has 0 aromatic heterocycles. The Kier molecular flexibility index (Phi) is 1.16. The van der Waals surface area contributed by atoms with Crippen molar-refractivity contribution in [2.24, 2.45) is 0 Å². The summed E-state index contributed by atoms with van der Waals surface area (Å²) in [6, 6.07) is 7.65. The maximum absolute atomic E-state index is 11.4. The lowest BCUT2D eigenvalue weighted by Gasteiger charge is -1.99. The molecule has 0 fully saturated rings. The van der Waals surface area contributed by atoms with Crippen LogP contribution in [-0.4, -0.2) is 12.5 Å². The van der Waals surface area contributed by atoms with Crippen LogP contribution in [0.15, 0.2) is 30.3 Å². The zero-order chi connectivity index (χ0) is 12.4. The predicted octanol–water partition coefficient (Wildman–Crippen LogP) is 1.86. The summed E-state index contributed by atoms with van der Waals surface area (Å²) in [4.78, 5) is 11.4. The van der Waals surface area contributed by atoms with E-state index in [2.05, 4.69) is 4.74 Å². The van der Waals surface area contributed by atoms with Gasteiger partial charge in [-0.15, -0.1) is 0 Å². The van der Waals surface area contributed by atoms with Crippen LogP contribution in [0.3, 0.4) is 0 Å². The first kappa shape index (κ1) is 3.39. The highest BCUT2D eigenvalue weighted by molar-refractivity contribution is 5.89. The Morgan fingerprint density at radius 2 is 2.36 bits per heavy atom. The van der Waals surface area contributed by atoms with Crippen LogP contribution in [0.5, 0.6) is 0 Å². The average Bonchev–Trinajstić information content (AvgIpc) is 2.16. The highest BCUT2D eigenvalue weighted by Gasteiger charge is 2.02. The van der Waals surface area contributed by atoms with Crippen molar-refractivity contribution in [1.82, 2.24) is 0 Å². The minimum absolute atomic E-state index is 0.107. The van der Waals surface area contributed by atoms with Gasteiger partial charge in [-0.3, -0.25) is 0 Å². The monoisotopic (exact) mass is 155 g/mol. The van der Waals surface area contributed by atoms with Crippen LogP contribution >= 0.6 is 0 Å². The lowest BCUT2D eigenvalue weighted by molar-refractivity contribution is 0.0526. The fourth-order valence-corrected chi connectivity index (χ4v) is 0.680. The molecule has 2 nitrogen and oxygen atoms in total. The third kappa shape index (κ3) is 2.08. The van der Waals surface area contributed by atoms with Gasteiger partial charge in [0.15, 0.2) is 0 Å². The van der Waals surface area contributed by atoms with Crippen LogP contribution in [0, 0.1) is 0 Å². The summed E-state index contributed by atoms with van der Waals surface area (Å²) in [5.74, 6) is -0.998. The van der Waals surface area contributed by atoms with Crippen molar-refractivity contribution < 1.29 is 16.4 Å². The van der Waals surface area contributed by atoms with E-state index in [4.69, 9.17) is 6.85 Å². The topological polar surface area (TPSA) is 26.3 Å². The summed E-state index contributed by atoms with van der Waals surface area (Å²) in [5, 5.41) is 0. The number of esters is 1. The predicted molar refractivity (Wildman–Crippen MR) is 42.4 cm³/mol. The van der Waals surface area contributed by atoms with Crippen LogP contribution in [-0.2, 0) is 4.74 Å². The molecule has 58 valence electrons. The molecule has 0 atom stereocenters. The van der Waals surface area contributed by atoms with Gasteiger partial charge in [-0.2, -0.15) is 0 Å². The molecule has 0 amide bonds. The Hall–Kier alpha value is -1.31. The molecular formula is C9H10O2.